The fourth-order valence-corrected chi connectivity index (χ4v) is 1.90. The first kappa shape index (κ1) is 14.7. The SMILES string of the molecule is CN(CCOCC1CC1)c1c(F)cc(C(=O)O)cc1F. The molecule has 110 valence electrons. The van der Waals surface area contributed by atoms with Crippen molar-refractivity contribution in [3.8, 4) is 0 Å². The Hall–Kier alpha value is -1.69. The lowest BCUT2D eigenvalue weighted by Crippen LogP contribution is -2.25. The number of ether oxygens (including phenoxy) is 1. The molecule has 0 aliphatic heterocycles. The predicted molar refractivity (Wildman–Crippen MR) is 70.1 cm³/mol. The van der Waals surface area contributed by atoms with Crippen LogP contribution in [-0.2, 0) is 4.74 Å². The molecule has 2 rings (SSSR count). The summed E-state index contributed by atoms with van der Waals surface area (Å²) in [6, 6.07) is 1.64. The van der Waals surface area contributed by atoms with E-state index < -0.39 is 23.2 Å². The van der Waals surface area contributed by atoms with Crippen molar-refractivity contribution in [2.45, 2.75) is 12.8 Å². The second-order valence-electron chi connectivity index (χ2n) is 5.03. The van der Waals surface area contributed by atoms with E-state index in [0.29, 0.717) is 25.7 Å². The van der Waals surface area contributed by atoms with Crippen LogP contribution in [0.3, 0.4) is 0 Å². The highest BCUT2D eigenvalue weighted by molar-refractivity contribution is 5.88. The Bertz CT molecular complexity index is 480. The van der Waals surface area contributed by atoms with Gasteiger partial charge in [0.15, 0.2) is 0 Å². The Balaban J connectivity index is 1.97. The van der Waals surface area contributed by atoms with Crippen LogP contribution in [0.1, 0.15) is 23.2 Å². The van der Waals surface area contributed by atoms with Crippen LogP contribution in [0.5, 0.6) is 0 Å². The number of carbonyl (C=O) groups is 1. The van der Waals surface area contributed by atoms with Crippen molar-refractivity contribution in [1.29, 1.82) is 0 Å². The molecule has 1 saturated carbocycles. The average molecular weight is 285 g/mol. The highest BCUT2D eigenvalue weighted by atomic mass is 19.1. The van der Waals surface area contributed by atoms with Gasteiger partial charge in [-0.05, 0) is 30.9 Å². The molecule has 1 fully saturated rings. The van der Waals surface area contributed by atoms with Gasteiger partial charge in [-0.1, -0.05) is 0 Å². The van der Waals surface area contributed by atoms with Crippen molar-refractivity contribution in [3.63, 3.8) is 0 Å². The number of halogens is 2. The normalized spacial score (nSPS) is 14.3. The summed E-state index contributed by atoms with van der Waals surface area (Å²) in [6.07, 6.45) is 2.38. The van der Waals surface area contributed by atoms with Gasteiger partial charge in [0.1, 0.15) is 17.3 Å². The average Bonchev–Trinajstić information content (AvgIpc) is 3.17. The number of carboxylic acid groups (broad SMARTS) is 1. The Labute approximate surface area is 116 Å². The molecule has 0 unspecified atom stereocenters. The van der Waals surface area contributed by atoms with Crippen LogP contribution in [0, 0.1) is 17.6 Å². The highest BCUT2D eigenvalue weighted by Crippen LogP contribution is 2.29. The van der Waals surface area contributed by atoms with Crippen LogP contribution in [0.25, 0.3) is 0 Å². The van der Waals surface area contributed by atoms with Crippen LogP contribution < -0.4 is 4.90 Å². The van der Waals surface area contributed by atoms with Crippen molar-refractivity contribution in [1.82, 2.24) is 0 Å². The predicted octanol–water partition coefficient (Wildman–Crippen LogP) is 2.53. The van der Waals surface area contributed by atoms with Crippen LogP contribution >= 0.6 is 0 Å². The highest BCUT2D eigenvalue weighted by Gasteiger charge is 2.21. The van der Waals surface area contributed by atoms with Crippen LogP contribution in [0.2, 0.25) is 0 Å². The fourth-order valence-electron chi connectivity index (χ4n) is 1.90. The smallest absolute Gasteiger partial charge is 0.335 e. The van der Waals surface area contributed by atoms with Crippen molar-refractivity contribution in [3.05, 3.63) is 29.3 Å². The third-order valence-electron chi connectivity index (χ3n) is 3.27. The number of benzene rings is 1. The zero-order valence-corrected chi connectivity index (χ0v) is 11.2. The molecule has 6 heteroatoms. The van der Waals surface area contributed by atoms with Gasteiger partial charge < -0.3 is 14.7 Å². The summed E-state index contributed by atoms with van der Waals surface area (Å²) in [4.78, 5) is 12.1. The molecule has 0 amide bonds. The minimum atomic E-state index is -1.36. The first-order valence-corrected chi connectivity index (χ1v) is 6.50. The van der Waals surface area contributed by atoms with Crippen molar-refractivity contribution < 1.29 is 23.4 Å². The largest absolute Gasteiger partial charge is 0.478 e. The quantitative estimate of drug-likeness (QED) is 0.782. The maximum absolute atomic E-state index is 13.8. The second-order valence-corrected chi connectivity index (χ2v) is 5.03. The third-order valence-corrected chi connectivity index (χ3v) is 3.27. The summed E-state index contributed by atoms with van der Waals surface area (Å²) in [6.45, 7) is 1.41. The van der Waals surface area contributed by atoms with E-state index in [1.54, 1.807) is 7.05 Å². The molecule has 0 aromatic heterocycles. The maximum atomic E-state index is 13.8. The van der Waals surface area contributed by atoms with Crippen LogP contribution in [-0.4, -0.2) is 37.9 Å². The van der Waals surface area contributed by atoms with E-state index in [1.807, 2.05) is 0 Å². The summed E-state index contributed by atoms with van der Waals surface area (Å²) in [7, 11) is 1.54. The van der Waals surface area contributed by atoms with Gasteiger partial charge in [-0.2, -0.15) is 0 Å². The Morgan fingerprint density at radius 2 is 2.00 bits per heavy atom. The molecule has 4 nitrogen and oxygen atoms in total. The number of anilines is 1. The minimum absolute atomic E-state index is 0.231. The monoisotopic (exact) mass is 285 g/mol. The fraction of sp³-hybridized carbons (Fsp3) is 0.500. The number of hydrogen-bond acceptors (Lipinski definition) is 3. The van der Waals surface area contributed by atoms with Gasteiger partial charge in [0.25, 0.3) is 0 Å². The summed E-state index contributed by atoms with van der Waals surface area (Å²) < 4.78 is 33.0. The maximum Gasteiger partial charge on any atom is 0.335 e. The molecular formula is C14H17F2NO3. The standard InChI is InChI=1S/C14H17F2NO3/c1-17(4-5-20-8-9-2-3-9)13-11(15)6-10(14(18)19)7-12(13)16/h6-7,9H,2-5,8H2,1H3,(H,18,19). The van der Waals surface area contributed by atoms with Crippen molar-refractivity contribution >= 4 is 11.7 Å². The van der Waals surface area contributed by atoms with Crippen LogP contribution in [0.4, 0.5) is 14.5 Å². The molecule has 1 aromatic rings. The van der Waals surface area contributed by atoms with Crippen molar-refractivity contribution in [2.75, 3.05) is 31.7 Å². The van der Waals surface area contributed by atoms with Gasteiger partial charge >= 0.3 is 5.97 Å². The lowest BCUT2D eigenvalue weighted by atomic mass is 10.1. The molecule has 0 spiro atoms. The van der Waals surface area contributed by atoms with Gasteiger partial charge in [-0.15, -0.1) is 0 Å². The van der Waals surface area contributed by atoms with E-state index in [2.05, 4.69) is 0 Å². The van der Waals surface area contributed by atoms with Gasteiger partial charge in [0.05, 0.1) is 12.2 Å². The molecule has 0 atom stereocenters. The zero-order valence-electron chi connectivity index (χ0n) is 11.2. The number of hydrogen-bond donors (Lipinski definition) is 1. The number of carboxylic acids is 1. The third kappa shape index (κ3) is 3.66. The van der Waals surface area contributed by atoms with Crippen molar-refractivity contribution in [2.24, 2.45) is 5.92 Å². The molecule has 1 aromatic carbocycles. The summed E-state index contributed by atoms with van der Waals surface area (Å²) in [5.41, 5.74) is -0.632. The lowest BCUT2D eigenvalue weighted by molar-refractivity contribution is 0.0695. The molecule has 20 heavy (non-hydrogen) atoms. The second kappa shape index (κ2) is 6.17. The van der Waals surface area contributed by atoms with E-state index in [4.69, 9.17) is 9.84 Å². The number of rotatable bonds is 7. The molecule has 0 heterocycles. The Morgan fingerprint density at radius 1 is 1.40 bits per heavy atom. The van der Waals surface area contributed by atoms with E-state index in [9.17, 15) is 13.6 Å². The summed E-state index contributed by atoms with van der Waals surface area (Å²) in [5.74, 6) is -2.48. The molecule has 0 saturated heterocycles. The lowest BCUT2D eigenvalue weighted by Gasteiger charge is -2.20. The van der Waals surface area contributed by atoms with Gasteiger partial charge in [0.2, 0.25) is 0 Å². The van der Waals surface area contributed by atoms with Crippen LogP contribution in [0.15, 0.2) is 12.1 Å². The minimum Gasteiger partial charge on any atom is -0.478 e. The Kier molecular flexibility index (Phi) is 4.54. The molecule has 1 N–H and O–H groups in total. The molecule has 0 radical (unpaired) electrons. The molecule has 1 aliphatic rings. The van der Waals surface area contributed by atoms with E-state index in [0.717, 1.165) is 12.1 Å². The summed E-state index contributed by atoms with van der Waals surface area (Å²) in [5, 5.41) is 8.73. The molecule has 0 bridgehead atoms. The number of nitrogens with zero attached hydrogens (tertiary/aromatic N) is 1. The first-order valence-electron chi connectivity index (χ1n) is 6.50. The van der Waals surface area contributed by atoms with E-state index >= 15 is 0 Å². The number of aromatic carboxylic acids is 1. The Morgan fingerprint density at radius 3 is 2.50 bits per heavy atom. The zero-order chi connectivity index (χ0) is 14.7. The van der Waals surface area contributed by atoms with E-state index in [1.165, 1.54) is 17.7 Å². The topological polar surface area (TPSA) is 49.8 Å². The summed E-state index contributed by atoms with van der Waals surface area (Å²) >= 11 is 0. The number of likely N-dealkylation sites (N-methyl/N-ethyl adjacent to an activating group) is 1. The van der Waals surface area contributed by atoms with Gasteiger partial charge in [0, 0.05) is 20.2 Å². The van der Waals surface area contributed by atoms with Gasteiger partial charge in [-0.3, -0.25) is 0 Å². The first-order chi connectivity index (χ1) is 9.49. The van der Waals surface area contributed by atoms with E-state index in [-0.39, 0.29) is 5.69 Å². The van der Waals surface area contributed by atoms with Gasteiger partial charge in [-0.25, -0.2) is 13.6 Å². The molecular weight excluding hydrogens is 268 g/mol. The molecule has 1 aliphatic carbocycles.